The minimum atomic E-state index is -0.297. The van der Waals surface area contributed by atoms with Gasteiger partial charge in [0.05, 0.1) is 30.6 Å². The molecule has 2 N–H and O–H groups in total. The molecule has 1 aliphatic heterocycles. The molecule has 0 fully saturated rings. The molecule has 0 saturated carbocycles. The molecule has 5 rings (SSSR count). The van der Waals surface area contributed by atoms with E-state index in [2.05, 4.69) is 31.8 Å². The fraction of sp³-hybridized carbons (Fsp3) is 0.222. The van der Waals surface area contributed by atoms with Crippen molar-refractivity contribution in [1.29, 1.82) is 0 Å². The van der Waals surface area contributed by atoms with E-state index >= 15 is 0 Å². The normalized spacial score (nSPS) is 14.6. The van der Waals surface area contributed by atoms with Crippen LogP contribution in [0.15, 0.2) is 36.8 Å². The summed E-state index contributed by atoms with van der Waals surface area (Å²) < 4.78 is 8.85. The van der Waals surface area contributed by atoms with Crippen LogP contribution in [0.25, 0.3) is 27.9 Å². The third-order valence-electron chi connectivity index (χ3n) is 4.62. The molecule has 9 nitrogen and oxygen atoms in total. The molecular weight excluding hydrogens is 346 g/mol. The molecule has 4 aromatic rings. The Hall–Kier alpha value is -3.46. The van der Waals surface area contributed by atoms with Crippen molar-refractivity contribution in [3.8, 4) is 5.82 Å². The van der Waals surface area contributed by atoms with Gasteiger partial charge in [-0.05, 0) is 11.6 Å². The van der Waals surface area contributed by atoms with Gasteiger partial charge in [-0.25, -0.2) is 24.0 Å². The SMILES string of the molecule is CNc1cc2nc3c1ncn3C(=O)NCCOCc1ccc3cnn-2c3c1. The van der Waals surface area contributed by atoms with Crippen LogP contribution in [0.2, 0.25) is 0 Å². The van der Waals surface area contributed by atoms with Crippen molar-refractivity contribution in [3.63, 3.8) is 0 Å². The number of benzene rings is 1. The van der Waals surface area contributed by atoms with Crippen molar-refractivity contribution in [2.24, 2.45) is 0 Å². The van der Waals surface area contributed by atoms with Gasteiger partial charge in [0.15, 0.2) is 11.5 Å². The van der Waals surface area contributed by atoms with Crippen LogP contribution >= 0.6 is 0 Å². The van der Waals surface area contributed by atoms with Crippen molar-refractivity contribution in [3.05, 3.63) is 42.4 Å². The molecule has 0 radical (unpaired) electrons. The summed E-state index contributed by atoms with van der Waals surface area (Å²) >= 11 is 0. The molecular formula is C18H17N7O2. The largest absolute Gasteiger partial charge is 0.386 e. The summed E-state index contributed by atoms with van der Waals surface area (Å²) in [7, 11) is 1.81. The molecule has 0 aliphatic carbocycles. The van der Waals surface area contributed by atoms with Gasteiger partial charge in [0.25, 0.3) is 0 Å². The second-order valence-corrected chi connectivity index (χ2v) is 6.30. The summed E-state index contributed by atoms with van der Waals surface area (Å²) in [5.41, 5.74) is 3.82. The highest BCUT2D eigenvalue weighted by molar-refractivity contribution is 5.94. The summed E-state index contributed by atoms with van der Waals surface area (Å²) in [6, 6.07) is 7.67. The number of aromatic nitrogens is 5. The molecule has 1 aromatic carbocycles. The molecule has 0 spiro atoms. The van der Waals surface area contributed by atoms with Gasteiger partial charge >= 0.3 is 6.03 Å². The van der Waals surface area contributed by atoms with Crippen LogP contribution in [0.3, 0.4) is 0 Å². The summed E-state index contributed by atoms with van der Waals surface area (Å²) in [6.07, 6.45) is 3.27. The van der Waals surface area contributed by atoms with Gasteiger partial charge in [-0.1, -0.05) is 12.1 Å². The number of amides is 1. The number of carbonyl (C=O) groups excluding carboxylic acids is 1. The number of ether oxygens (including phenoxy) is 1. The van der Waals surface area contributed by atoms with Crippen LogP contribution in [0, 0.1) is 0 Å². The number of rotatable bonds is 1. The van der Waals surface area contributed by atoms with Crippen LogP contribution in [-0.2, 0) is 11.3 Å². The number of anilines is 1. The number of fused-ring (bicyclic) bond motifs is 3. The van der Waals surface area contributed by atoms with E-state index in [4.69, 9.17) is 4.74 Å². The maximum absolute atomic E-state index is 12.5. The minimum Gasteiger partial charge on any atom is -0.386 e. The van der Waals surface area contributed by atoms with Crippen molar-refractivity contribution in [1.82, 2.24) is 29.6 Å². The fourth-order valence-corrected chi connectivity index (χ4v) is 3.27. The van der Waals surface area contributed by atoms with Gasteiger partial charge in [0.2, 0.25) is 0 Å². The van der Waals surface area contributed by atoms with Crippen molar-refractivity contribution < 1.29 is 9.53 Å². The van der Waals surface area contributed by atoms with E-state index in [-0.39, 0.29) is 6.03 Å². The maximum Gasteiger partial charge on any atom is 0.328 e. The molecule has 0 atom stereocenters. The monoisotopic (exact) mass is 363 g/mol. The standard InChI is InChI=1S/C18H17N7O2/c1-19-13-7-15-23-17-16(13)21-10-24(17)18(26)20-4-5-27-9-11-2-3-12-8-22-25(15)14(12)6-11/h2-3,6-8,10H,4-5,9H2,1H3,(H,19,23)(H,20,26). The van der Waals surface area contributed by atoms with Gasteiger partial charge in [0.1, 0.15) is 11.8 Å². The third kappa shape index (κ3) is 2.51. The second-order valence-electron chi connectivity index (χ2n) is 6.30. The zero-order valence-corrected chi connectivity index (χ0v) is 14.6. The Morgan fingerprint density at radius 2 is 2.22 bits per heavy atom. The highest BCUT2D eigenvalue weighted by Gasteiger charge is 2.17. The Balaban J connectivity index is 1.81. The molecule has 1 amide bonds. The van der Waals surface area contributed by atoms with Gasteiger partial charge in [-0.3, -0.25) is 0 Å². The number of pyridine rings is 1. The van der Waals surface area contributed by atoms with Crippen LogP contribution in [0.1, 0.15) is 5.56 Å². The molecule has 0 unspecified atom stereocenters. The topological polar surface area (TPSA) is 98.9 Å². The number of imidazole rings is 1. The van der Waals surface area contributed by atoms with Gasteiger partial charge in [-0.2, -0.15) is 5.10 Å². The molecule has 3 aromatic heterocycles. The Labute approximate surface area is 154 Å². The molecule has 27 heavy (non-hydrogen) atoms. The first-order chi connectivity index (χ1) is 13.2. The van der Waals surface area contributed by atoms with Gasteiger partial charge < -0.3 is 15.4 Å². The molecule has 4 bridgehead atoms. The van der Waals surface area contributed by atoms with E-state index < -0.39 is 0 Å². The van der Waals surface area contributed by atoms with Crippen molar-refractivity contribution in [2.45, 2.75) is 6.61 Å². The van der Waals surface area contributed by atoms with Crippen LogP contribution in [0.5, 0.6) is 0 Å². The molecule has 136 valence electrons. The number of nitrogens with zero attached hydrogens (tertiary/aromatic N) is 5. The Morgan fingerprint density at radius 3 is 3.11 bits per heavy atom. The summed E-state index contributed by atoms with van der Waals surface area (Å²) in [4.78, 5) is 21.6. The zero-order chi connectivity index (χ0) is 18.4. The van der Waals surface area contributed by atoms with Crippen LogP contribution in [-0.4, -0.2) is 50.5 Å². The number of hydrogen-bond donors (Lipinski definition) is 2. The quantitative estimate of drug-likeness (QED) is 0.536. The Bertz CT molecular complexity index is 1180. The van der Waals surface area contributed by atoms with E-state index in [1.807, 2.05) is 25.2 Å². The maximum atomic E-state index is 12.5. The number of nitrogens with one attached hydrogen (secondary N) is 2. The molecule has 0 saturated heterocycles. The van der Waals surface area contributed by atoms with E-state index in [0.29, 0.717) is 36.7 Å². The highest BCUT2D eigenvalue weighted by Crippen LogP contribution is 2.26. The van der Waals surface area contributed by atoms with Crippen LogP contribution in [0.4, 0.5) is 10.5 Å². The second kappa shape index (κ2) is 6.06. The lowest BCUT2D eigenvalue weighted by Crippen LogP contribution is -2.31. The van der Waals surface area contributed by atoms with Crippen LogP contribution < -0.4 is 10.6 Å². The summed E-state index contributed by atoms with van der Waals surface area (Å²) in [6.45, 7) is 1.27. The first-order valence-electron chi connectivity index (χ1n) is 8.63. The fourth-order valence-electron chi connectivity index (χ4n) is 3.27. The number of hydrogen-bond acceptors (Lipinski definition) is 6. The minimum absolute atomic E-state index is 0.297. The van der Waals surface area contributed by atoms with E-state index in [9.17, 15) is 4.79 Å². The average molecular weight is 363 g/mol. The molecule has 1 aliphatic rings. The van der Waals surface area contributed by atoms with Crippen molar-refractivity contribution >= 4 is 33.8 Å². The molecule has 4 heterocycles. The van der Waals surface area contributed by atoms with Gasteiger partial charge in [0, 0.05) is 25.0 Å². The summed E-state index contributed by atoms with van der Waals surface area (Å²) in [5, 5.41) is 11.5. The third-order valence-corrected chi connectivity index (χ3v) is 4.62. The summed E-state index contributed by atoms with van der Waals surface area (Å²) in [5.74, 6) is 0.603. The Kier molecular flexibility index (Phi) is 3.54. The van der Waals surface area contributed by atoms with Gasteiger partial charge in [-0.15, -0.1) is 0 Å². The predicted molar refractivity (Wildman–Crippen MR) is 100 cm³/mol. The van der Waals surface area contributed by atoms with E-state index in [1.165, 1.54) is 10.9 Å². The van der Waals surface area contributed by atoms with E-state index in [1.54, 1.807) is 10.9 Å². The first-order valence-corrected chi connectivity index (χ1v) is 8.63. The van der Waals surface area contributed by atoms with E-state index in [0.717, 1.165) is 22.2 Å². The zero-order valence-electron chi connectivity index (χ0n) is 14.6. The smallest absolute Gasteiger partial charge is 0.328 e. The van der Waals surface area contributed by atoms with Crippen molar-refractivity contribution in [2.75, 3.05) is 25.5 Å². The molecule has 9 heteroatoms. The predicted octanol–water partition coefficient (Wildman–Crippen LogP) is 1.90. The lowest BCUT2D eigenvalue weighted by Gasteiger charge is -2.11. The highest BCUT2D eigenvalue weighted by atomic mass is 16.5. The first kappa shape index (κ1) is 15.8. The number of carbonyl (C=O) groups is 1. The lowest BCUT2D eigenvalue weighted by molar-refractivity contribution is 0.123. The average Bonchev–Trinajstić information content (AvgIpc) is 3.30. The lowest BCUT2D eigenvalue weighted by atomic mass is 10.2. The Morgan fingerprint density at radius 1 is 1.30 bits per heavy atom.